The van der Waals surface area contributed by atoms with E-state index in [9.17, 15) is 0 Å². The number of nitrogens with two attached hydrogens (primary N) is 1. The number of ether oxygens (including phenoxy) is 1. The number of hydrogen-bond donors (Lipinski definition) is 2. The van der Waals surface area contributed by atoms with Crippen LogP contribution in [-0.2, 0) is 4.74 Å². The van der Waals surface area contributed by atoms with Crippen LogP contribution >= 0.6 is 0 Å². The lowest BCUT2D eigenvalue weighted by molar-refractivity contribution is -0.117. The Morgan fingerprint density at radius 2 is 1.80 bits per heavy atom. The first-order chi connectivity index (χ1) is 14.3. The van der Waals surface area contributed by atoms with Gasteiger partial charge in [0.15, 0.2) is 0 Å². The minimum Gasteiger partial charge on any atom is -0.360 e. The van der Waals surface area contributed by atoms with Gasteiger partial charge in [0.1, 0.15) is 6.23 Å². The van der Waals surface area contributed by atoms with E-state index in [0.717, 1.165) is 42.1 Å². The molecule has 0 amide bonds. The van der Waals surface area contributed by atoms with Crippen LogP contribution in [0.3, 0.4) is 0 Å². The van der Waals surface area contributed by atoms with Crippen molar-refractivity contribution in [3.05, 3.63) is 0 Å². The minimum atomic E-state index is 0.276. The predicted molar refractivity (Wildman–Crippen MR) is 124 cm³/mol. The van der Waals surface area contributed by atoms with Gasteiger partial charge >= 0.3 is 0 Å². The fourth-order valence-electron chi connectivity index (χ4n) is 9.59. The number of fused-ring (bicyclic) bond motifs is 7. The quantitative estimate of drug-likeness (QED) is 0.629. The van der Waals surface area contributed by atoms with Crippen LogP contribution in [0.25, 0.3) is 0 Å². The van der Waals surface area contributed by atoms with Gasteiger partial charge in [-0.15, -0.1) is 0 Å². The Balaban J connectivity index is 1.32. The van der Waals surface area contributed by atoms with Crippen molar-refractivity contribution in [1.82, 2.24) is 5.32 Å². The van der Waals surface area contributed by atoms with E-state index in [-0.39, 0.29) is 6.23 Å². The van der Waals surface area contributed by atoms with Crippen LogP contribution in [0.5, 0.6) is 0 Å². The Bertz CT molecular complexity index is 638. The highest BCUT2D eigenvalue weighted by Gasteiger charge is 2.65. The number of rotatable bonds is 4. The SMILES string of the molecule is CC[C@H](C)CN[C@H]1O[C@H]2CC3[C@@H]4CCC5CC(N)CC[C@]5(C)C4CC[C@]3(C)C2C1C. The number of hydrogen-bond acceptors (Lipinski definition) is 3. The molecular weight excluding hydrogens is 368 g/mol. The zero-order chi connectivity index (χ0) is 21.3. The smallest absolute Gasteiger partial charge is 0.111 e. The third-order valence-corrected chi connectivity index (χ3v) is 11.5. The van der Waals surface area contributed by atoms with E-state index in [1.54, 1.807) is 0 Å². The molecule has 1 heterocycles. The second-order valence-corrected chi connectivity index (χ2v) is 12.9. The van der Waals surface area contributed by atoms with Crippen LogP contribution in [0.15, 0.2) is 0 Å². The molecule has 5 fully saturated rings. The van der Waals surface area contributed by atoms with Gasteiger partial charge in [-0.25, -0.2) is 0 Å². The molecule has 172 valence electrons. The summed E-state index contributed by atoms with van der Waals surface area (Å²) in [6.45, 7) is 13.5. The van der Waals surface area contributed by atoms with Gasteiger partial charge in [-0.2, -0.15) is 0 Å². The average molecular weight is 417 g/mol. The first-order valence-corrected chi connectivity index (χ1v) is 13.4. The fraction of sp³-hybridized carbons (Fsp3) is 1.00. The van der Waals surface area contributed by atoms with Crippen LogP contribution in [-0.4, -0.2) is 24.9 Å². The maximum Gasteiger partial charge on any atom is 0.111 e. The van der Waals surface area contributed by atoms with E-state index < -0.39 is 0 Å². The maximum absolute atomic E-state index is 6.75. The van der Waals surface area contributed by atoms with Crippen molar-refractivity contribution >= 4 is 0 Å². The van der Waals surface area contributed by atoms with E-state index in [1.807, 2.05) is 0 Å². The first kappa shape index (κ1) is 21.7. The second kappa shape index (κ2) is 7.73. The monoisotopic (exact) mass is 416 g/mol. The van der Waals surface area contributed by atoms with E-state index in [1.165, 1.54) is 57.8 Å². The largest absolute Gasteiger partial charge is 0.360 e. The van der Waals surface area contributed by atoms with Crippen LogP contribution < -0.4 is 11.1 Å². The molecule has 6 unspecified atom stereocenters. The third kappa shape index (κ3) is 3.16. The summed E-state index contributed by atoms with van der Waals surface area (Å²) in [6, 6.07) is 0.466. The Labute approximate surface area is 185 Å². The van der Waals surface area contributed by atoms with Gasteiger partial charge in [0, 0.05) is 18.5 Å². The van der Waals surface area contributed by atoms with Crippen LogP contribution in [0.2, 0.25) is 0 Å². The fourth-order valence-corrected chi connectivity index (χ4v) is 9.59. The van der Waals surface area contributed by atoms with Crippen LogP contribution in [0, 0.1) is 52.3 Å². The Hall–Kier alpha value is -0.120. The summed E-state index contributed by atoms with van der Waals surface area (Å²) in [5, 5.41) is 3.79. The topological polar surface area (TPSA) is 47.3 Å². The highest BCUT2D eigenvalue weighted by atomic mass is 16.5. The molecule has 0 radical (unpaired) electrons. The molecule has 1 aliphatic heterocycles. The summed E-state index contributed by atoms with van der Waals surface area (Å²) in [6.07, 6.45) is 13.0. The molecule has 0 aromatic rings. The Morgan fingerprint density at radius 1 is 1.03 bits per heavy atom. The molecule has 3 N–H and O–H groups in total. The molecular formula is C27H48N2O. The summed E-state index contributed by atoms with van der Waals surface area (Å²) in [5.41, 5.74) is 7.45. The van der Waals surface area contributed by atoms with Crippen molar-refractivity contribution in [2.75, 3.05) is 6.54 Å². The highest BCUT2D eigenvalue weighted by molar-refractivity contribution is 5.14. The lowest BCUT2D eigenvalue weighted by atomic mass is 9.44. The summed E-state index contributed by atoms with van der Waals surface area (Å²) < 4.78 is 6.75. The predicted octanol–water partition coefficient (Wildman–Crippen LogP) is 5.58. The standard InChI is InChI=1S/C27H48N2O/c1-6-16(2)15-29-25-17(3)24-23(30-25)14-22-20-8-7-18-13-19(28)9-11-26(18,4)21(20)10-12-27(22,24)5/h16-25,29H,6-15,28H2,1-5H3/t16-,17?,18?,19?,20+,21?,22?,23-,24?,25-,26-,27-/m0/s1. The lowest BCUT2D eigenvalue weighted by Gasteiger charge is -2.61. The minimum absolute atomic E-state index is 0.276. The molecule has 4 saturated carbocycles. The molecule has 30 heavy (non-hydrogen) atoms. The average Bonchev–Trinajstić information content (AvgIpc) is 3.20. The van der Waals surface area contributed by atoms with E-state index in [0.29, 0.717) is 28.9 Å². The molecule has 3 nitrogen and oxygen atoms in total. The van der Waals surface area contributed by atoms with Crippen molar-refractivity contribution in [2.24, 2.45) is 58.0 Å². The van der Waals surface area contributed by atoms with Crippen LogP contribution in [0.1, 0.15) is 92.4 Å². The Kier molecular flexibility index (Phi) is 5.60. The summed E-state index contributed by atoms with van der Waals surface area (Å²) in [5.74, 6) is 5.78. The summed E-state index contributed by atoms with van der Waals surface area (Å²) in [4.78, 5) is 0. The molecule has 0 aromatic carbocycles. The van der Waals surface area contributed by atoms with Crippen molar-refractivity contribution in [3.63, 3.8) is 0 Å². The first-order valence-electron chi connectivity index (χ1n) is 13.4. The Morgan fingerprint density at radius 3 is 2.57 bits per heavy atom. The second-order valence-electron chi connectivity index (χ2n) is 12.9. The van der Waals surface area contributed by atoms with Gasteiger partial charge in [-0.1, -0.05) is 41.0 Å². The molecule has 12 atom stereocenters. The molecule has 0 spiro atoms. The van der Waals surface area contributed by atoms with Crippen molar-refractivity contribution in [2.45, 2.75) is 111 Å². The summed E-state index contributed by atoms with van der Waals surface area (Å²) in [7, 11) is 0. The van der Waals surface area contributed by atoms with Crippen molar-refractivity contribution < 1.29 is 4.74 Å². The zero-order valence-electron chi connectivity index (χ0n) is 20.3. The summed E-state index contributed by atoms with van der Waals surface area (Å²) >= 11 is 0. The van der Waals surface area contributed by atoms with Gasteiger partial charge in [-0.05, 0) is 97.7 Å². The molecule has 3 heteroatoms. The molecule has 5 rings (SSSR count). The van der Waals surface area contributed by atoms with Crippen molar-refractivity contribution in [1.29, 1.82) is 0 Å². The maximum atomic E-state index is 6.75. The van der Waals surface area contributed by atoms with E-state index in [4.69, 9.17) is 10.5 Å². The van der Waals surface area contributed by atoms with E-state index >= 15 is 0 Å². The van der Waals surface area contributed by atoms with E-state index in [2.05, 4.69) is 39.9 Å². The van der Waals surface area contributed by atoms with Crippen LogP contribution in [0.4, 0.5) is 0 Å². The molecule has 1 saturated heterocycles. The van der Waals surface area contributed by atoms with Gasteiger partial charge in [0.25, 0.3) is 0 Å². The molecule has 5 aliphatic rings. The van der Waals surface area contributed by atoms with Gasteiger partial charge in [0.2, 0.25) is 0 Å². The van der Waals surface area contributed by atoms with Crippen molar-refractivity contribution in [3.8, 4) is 0 Å². The highest BCUT2D eigenvalue weighted by Crippen LogP contribution is 2.69. The molecule has 4 aliphatic carbocycles. The number of nitrogens with one attached hydrogen (secondary N) is 1. The third-order valence-electron chi connectivity index (χ3n) is 11.5. The lowest BCUT2D eigenvalue weighted by Crippen LogP contribution is -2.55. The van der Waals surface area contributed by atoms with Gasteiger partial charge < -0.3 is 10.5 Å². The van der Waals surface area contributed by atoms with Gasteiger partial charge in [0.05, 0.1) is 6.10 Å². The molecule has 0 aromatic heterocycles. The van der Waals surface area contributed by atoms with Gasteiger partial charge in [-0.3, -0.25) is 5.32 Å². The zero-order valence-corrected chi connectivity index (χ0v) is 20.3. The normalized spacial score (nSPS) is 56.0. The molecule has 0 bridgehead atoms.